The molecule has 0 bridgehead atoms. The van der Waals surface area contributed by atoms with Crippen LogP contribution in [0.4, 0.5) is 0 Å². The summed E-state index contributed by atoms with van der Waals surface area (Å²) in [4.78, 5) is 0. The highest BCUT2D eigenvalue weighted by atomic mass is 14.7. The van der Waals surface area contributed by atoms with Crippen LogP contribution in [0.3, 0.4) is 0 Å². The Hall–Kier alpha value is -1.56. The van der Waals surface area contributed by atoms with Gasteiger partial charge in [0.15, 0.2) is 0 Å². The van der Waals surface area contributed by atoms with Gasteiger partial charge in [-0.15, -0.1) is 0 Å². The summed E-state index contributed by atoms with van der Waals surface area (Å²) in [5, 5.41) is 0. The number of benzene rings is 2. The second-order valence-electron chi connectivity index (χ2n) is 22.3. The van der Waals surface area contributed by atoms with Crippen LogP contribution < -0.4 is 0 Å². The molecule has 2 aromatic carbocycles. The first-order valence-electron chi connectivity index (χ1n) is 24.6. The van der Waals surface area contributed by atoms with E-state index in [0.717, 1.165) is 101 Å². The van der Waals surface area contributed by atoms with E-state index in [9.17, 15) is 0 Å². The Labute approximate surface area is 357 Å². The molecule has 4 saturated carbocycles. The molecule has 0 amide bonds. The molecule has 0 spiro atoms. The molecule has 0 aromatic heterocycles. The van der Waals surface area contributed by atoms with Crippen LogP contribution >= 0.6 is 0 Å². The first-order chi connectivity index (χ1) is 26.4. The zero-order chi connectivity index (χ0) is 43.6. The third-order valence-corrected chi connectivity index (χ3v) is 19.9. The molecule has 6 rings (SSSR count). The topological polar surface area (TPSA) is 0 Å². The highest BCUT2D eigenvalue weighted by Crippen LogP contribution is 2.68. The number of fused-ring (bicyclic) bond motifs is 2. The van der Waals surface area contributed by atoms with Gasteiger partial charge in [0.1, 0.15) is 0 Å². The highest BCUT2D eigenvalue weighted by molar-refractivity contribution is 5.53. The first kappa shape index (κ1) is 48.1. The van der Waals surface area contributed by atoms with E-state index in [-0.39, 0.29) is 0 Å². The van der Waals surface area contributed by atoms with Gasteiger partial charge in [-0.1, -0.05) is 104 Å². The van der Waals surface area contributed by atoms with E-state index in [0.29, 0.717) is 11.8 Å². The molecule has 18 unspecified atom stereocenters. The van der Waals surface area contributed by atoms with Gasteiger partial charge < -0.3 is 0 Å². The van der Waals surface area contributed by atoms with Crippen molar-refractivity contribution in [3.8, 4) is 0 Å². The number of hydrogen-bond donors (Lipinski definition) is 0. The Morgan fingerprint density at radius 2 is 0.509 bits per heavy atom. The summed E-state index contributed by atoms with van der Waals surface area (Å²) < 4.78 is 0. The van der Waals surface area contributed by atoms with Crippen molar-refractivity contribution in [1.29, 1.82) is 0 Å². The van der Waals surface area contributed by atoms with Crippen molar-refractivity contribution in [3.63, 3.8) is 0 Å². The van der Waals surface area contributed by atoms with Crippen LogP contribution in [-0.4, -0.2) is 0 Å². The number of rotatable bonds is 4. The van der Waals surface area contributed by atoms with E-state index in [2.05, 4.69) is 159 Å². The molecule has 0 N–H and O–H groups in total. The monoisotopic (exact) mass is 781 g/mol. The minimum atomic E-state index is 0.673. The highest BCUT2D eigenvalue weighted by Gasteiger charge is 2.61. The molecule has 0 radical (unpaired) electrons. The lowest BCUT2D eigenvalue weighted by molar-refractivity contribution is 0.000812. The lowest BCUT2D eigenvalue weighted by atomic mass is 9.52. The maximum atomic E-state index is 2.71. The predicted molar refractivity (Wildman–Crippen MR) is 255 cm³/mol. The van der Waals surface area contributed by atoms with E-state index in [1.807, 2.05) is 13.8 Å². The normalized spacial score (nSPS) is 39.9. The average molecular weight is 781 g/mol. The van der Waals surface area contributed by atoms with Crippen LogP contribution in [0, 0.1) is 170 Å². The molecule has 0 heteroatoms. The van der Waals surface area contributed by atoms with Crippen molar-refractivity contribution >= 4 is 0 Å². The van der Waals surface area contributed by atoms with Crippen molar-refractivity contribution in [1.82, 2.24) is 0 Å². The van der Waals surface area contributed by atoms with Gasteiger partial charge in [0.2, 0.25) is 0 Å². The Morgan fingerprint density at radius 1 is 0.298 bits per heavy atom. The lowest BCUT2D eigenvalue weighted by Crippen LogP contribution is -2.45. The lowest BCUT2D eigenvalue weighted by Gasteiger charge is -2.52. The summed E-state index contributed by atoms with van der Waals surface area (Å²) in [6, 6.07) is 0. The molecule has 0 heterocycles. The van der Waals surface area contributed by atoms with Gasteiger partial charge in [-0.25, -0.2) is 0 Å². The van der Waals surface area contributed by atoms with Crippen molar-refractivity contribution < 1.29 is 0 Å². The smallest absolute Gasteiger partial charge is 0.00943 e. The van der Waals surface area contributed by atoms with Gasteiger partial charge in [0, 0.05) is 0 Å². The summed E-state index contributed by atoms with van der Waals surface area (Å²) in [6.07, 6.45) is 1.46. The maximum absolute atomic E-state index is 2.71. The standard InChI is InChI=1S/C51H80.C4H10.C2H6/c1-22-24(3)32(11)44(33(12)25(22)4)48-38(17)28(7)36(15)46-42(30(9)40(19)50(46)48)21-43-31(10)41(20)51-47(43)37(16)29(8)39(18)49(51)45-34(13)26(5)23(2)27(6)35(45)14;1-4(2)3;1-2/h28-31,36-43,46-51H,21H2,1-20H3;4H,1-3H3;1-2H3. The Bertz CT molecular complexity index is 1520. The van der Waals surface area contributed by atoms with Crippen LogP contribution in [0.15, 0.2) is 0 Å². The van der Waals surface area contributed by atoms with Crippen molar-refractivity contribution in [3.05, 3.63) is 66.8 Å². The third-order valence-electron chi connectivity index (χ3n) is 19.9. The molecule has 4 aliphatic carbocycles. The van der Waals surface area contributed by atoms with Crippen LogP contribution in [0.5, 0.6) is 0 Å². The molecule has 57 heavy (non-hydrogen) atoms. The SMILES string of the molecule is CC.CC(C)C.Cc1c(C)c(C)c(C2C(C)C(C)C(C)C3C(CC4C(C)C(C)C5C(c6c(C)c(C)c(C)c(C)c6C)C(C)C(C)C(C)C45)C(C)C(C)C23)c(C)c1C. The maximum Gasteiger partial charge on any atom is -0.00943 e. The van der Waals surface area contributed by atoms with E-state index >= 15 is 0 Å². The fraction of sp³-hybridized carbons (Fsp3) is 0.789. The summed E-state index contributed by atoms with van der Waals surface area (Å²) in [6.45, 7) is 61.5. The van der Waals surface area contributed by atoms with E-state index < -0.39 is 0 Å². The summed E-state index contributed by atoms with van der Waals surface area (Å²) in [7, 11) is 0. The van der Waals surface area contributed by atoms with E-state index in [1.54, 1.807) is 55.6 Å². The van der Waals surface area contributed by atoms with Crippen molar-refractivity contribution in [2.24, 2.45) is 101 Å². The zero-order valence-electron chi connectivity index (χ0n) is 42.7. The fourth-order valence-corrected chi connectivity index (χ4v) is 15.1. The molecule has 2 aromatic rings. The predicted octanol–water partition coefficient (Wildman–Crippen LogP) is 16.8. The van der Waals surface area contributed by atoms with Gasteiger partial charge in [-0.05, 0) is 255 Å². The molecule has 4 aliphatic rings. The molecule has 0 nitrogen and oxygen atoms in total. The molecular formula is C57H96. The zero-order valence-corrected chi connectivity index (χ0v) is 42.7. The summed E-state index contributed by atoms with van der Waals surface area (Å²) in [5.74, 6) is 14.7. The molecular weight excluding hydrogens is 685 g/mol. The minimum Gasteiger partial charge on any atom is -0.0683 e. The van der Waals surface area contributed by atoms with Crippen molar-refractivity contribution in [2.45, 2.75) is 191 Å². The minimum absolute atomic E-state index is 0.673. The molecule has 0 saturated heterocycles. The fourth-order valence-electron chi connectivity index (χ4n) is 15.1. The second-order valence-corrected chi connectivity index (χ2v) is 22.3. The van der Waals surface area contributed by atoms with Gasteiger partial charge in [-0.2, -0.15) is 0 Å². The Balaban J connectivity index is 0.00000113. The third kappa shape index (κ3) is 7.81. The Morgan fingerprint density at radius 3 is 0.754 bits per heavy atom. The van der Waals surface area contributed by atoms with Crippen LogP contribution in [0.1, 0.15) is 189 Å². The summed E-state index contributed by atoms with van der Waals surface area (Å²) >= 11 is 0. The molecule has 18 atom stereocenters. The van der Waals surface area contributed by atoms with Crippen LogP contribution in [-0.2, 0) is 0 Å². The molecule has 0 aliphatic heterocycles. The van der Waals surface area contributed by atoms with Crippen LogP contribution in [0.2, 0.25) is 0 Å². The molecule has 4 fully saturated rings. The second kappa shape index (κ2) is 18.2. The summed E-state index contributed by atoms with van der Waals surface area (Å²) in [5.41, 5.74) is 19.2. The van der Waals surface area contributed by atoms with Gasteiger partial charge in [-0.3, -0.25) is 0 Å². The Kier molecular flexibility index (Phi) is 15.4. The largest absolute Gasteiger partial charge is 0.0683 e. The van der Waals surface area contributed by atoms with Crippen LogP contribution in [0.25, 0.3) is 0 Å². The van der Waals surface area contributed by atoms with Gasteiger partial charge in [0.05, 0.1) is 0 Å². The quantitative estimate of drug-likeness (QED) is 0.290. The van der Waals surface area contributed by atoms with Gasteiger partial charge >= 0.3 is 0 Å². The van der Waals surface area contributed by atoms with E-state index in [1.165, 1.54) is 17.5 Å². The molecule has 324 valence electrons. The first-order valence-corrected chi connectivity index (χ1v) is 24.6. The van der Waals surface area contributed by atoms with E-state index in [4.69, 9.17) is 0 Å². The van der Waals surface area contributed by atoms with Crippen molar-refractivity contribution in [2.75, 3.05) is 0 Å². The average Bonchev–Trinajstić information content (AvgIpc) is 3.56. The number of hydrogen-bond acceptors (Lipinski definition) is 0. The van der Waals surface area contributed by atoms with Gasteiger partial charge in [0.25, 0.3) is 0 Å².